The number of pyridine rings is 1. The SMILES string of the molecule is CN(CC(=O)N1CC(CC(=O)O)C1)c1ccc(Cl)cn1. The summed E-state index contributed by atoms with van der Waals surface area (Å²) in [5, 5.41) is 9.21. The zero-order chi connectivity index (χ0) is 14.7. The van der Waals surface area contributed by atoms with Crippen LogP contribution < -0.4 is 4.90 Å². The molecule has 108 valence electrons. The number of carboxylic acids is 1. The Morgan fingerprint density at radius 1 is 1.50 bits per heavy atom. The molecular weight excluding hydrogens is 282 g/mol. The molecule has 1 N–H and O–H groups in total. The summed E-state index contributed by atoms with van der Waals surface area (Å²) in [7, 11) is 1.78. The van der Waals surface area contributed by atoms with Gasteiger partial charge in [0.2, 0.25) is 5.91 Å². The molecule has 2 heterocycles. The molecule has 0 spiro atoms. The van der Waals surface area contributed by atoms with Crippen LogP contribution in [0.4, 0.5) is 5.82 Å². The van der Waals surface area contributed by atoms with Crippen LogP contribution in [0.5, 0.6) is 0 Å². The first-order valence-corrected chi connectivity index (χ1v) is 6.65. The van der Waals surface area contributed by atoms with Gasteiger partial charge in [0.05, 0.1) is 18.0 Å². The van der Waals surface area contributed by atoms with Crippen LogP contribution in [0.2, 0.25) is 5.02 Å². The van der Waals surface area contributed by atoms with E-state index in [1.807, 2.05) is 0 Å². The topological polar surface area (TPSA) is 73.7 Å². The lowest BCUT2D eigenvalue weighted by atomic mass is 9.96. The first-order chi connectivity index (χ1) is 9.45. The minimum Gasteiger partial charge on any atom is -0.481 e. The number of likely N-dealkylation sites (N-methyl/N-ethyl adjacent to an activating group) is 1. The summed E-state index contributed by atoms with van der Waals surface area (Å²) >= 11 is 5.76. The van der Waals surface area contributed by atoms with E-state index in [0.29, 0.717) is 23.9 Å². The molecule has 0 bridgehead atoms. The quantitative estimate of drug-likeness (QED) is 0.881. The molecule has 1 saturated heterocycles. The van der Waals surface area contributed by atoms with Crippen molar-refractivity contribution >= 4 is 29.3 Å². The molecule has 0 unspecified atom stereocenters. The minimum atomic E-state index is -0.815. The van der Waals surface area contributed by atoms with E-state index in [1.54, 1.807) is 29.0 Å². The zero-order valence-corrected chi connectivity index (χ0v) is 11.9. The van der Waals surface area contributed by atoms with E-state index in [2.05, 4.69) is 4.98 Å². The van der Waals surface area contributed by atoms with E-state index in [0.717, 1.165) is 0 Å². The Labute approximate surface area is 122 Å². The van der Waals surface area contributed by atoms with Gasteiger partial charge >= 0.3 is 5.97 Å². The molecule has 0 aromatic carbocycles. The number of carbonyl (C=O) groups is 2. The smallest absolute Gasteiger partial charge is 0.303 e. The van der Waals surface area contributed by atoms with Crippen molar-refractivity contribution < 1.29 is 14.7 Å². The highest BCUT2D eigenvalue weighted by atomic mass is 35.5. The Balaban J connectivity index is 1.80. The van der Waals surface area contributed by atoms with Crippen molar-refractivity contribution in [2.75, 3.05) is 31.6 Å². The molecule has 1 aliphatic rings. The molecule has 1 fully saturated rings. The van der Waals surface area contributed by atoms with E-state index in [1.165, 1.54) is 6.20 Å². The molecule has 2 rings (SSSR count). The summed E-state index contributed by atoms with van der Waals surface area (Å²) in [5.41, 5.74) is 0. The second-order valence-corrected chi connectivity index (χ2v) is 5.39. The van der Waals surface area contributed by atoms with Gasteiger partial charge in [-0.15, -0.1) is 0 Å². The molecule has 1 aromatic rings. The van der Waals surface area contributed by atoms with Crippen molar-refractivity contribution in [1.82, 2.24) is 9.88 Å². The number of aliphatic carboxylic acids is 1. The third kappa shape index (κ3) is 3.60. The number of carboxylic acid groups (broad SMARTS) is 1. The normalized spacial score (nSPS) is 14.8. The number of anilines is 1. The summed E-state index contributed by atoms with van der Waals surface area (Å²) in [4.78, 5) is 30.1. The second kappa shape index (κ2) is 6.09. The van der Waals surface area contributed by atoms with Crippen LogP contribution in [0, 0.1) is 5.92 Å². The van der Waals surface area contributed by atoms with E-state index in [9.17, 15) is 9.59 Å². The Bertz CT molecular complexity index is 500. The number of rotatable bonds is 5. The van der Waals surface area contributed by atoms with Gasteiger partial charge in [0.1, 0.15) is 5.82 Å². The number of halogens is 1. The average molecular weight is 298 g/mol. The van der Waals surface area contributed by atoms with Crippen LogP contribution in [0.1, 0.15) is 6.42 Å². The number of nitrogens with zero attached hydrogens (tertiary/aromatic N) is 3. The number of likely N-dealkylation sites (tertiary alicyclic amines) is 1. The van der Waals surface area contributed by atoms with Gasteiger partial charge in [-0.25, -0.2) is 4.98 Å². The number of hydrogen-bond acceptors (Lipinski definition) is 4. The summed E-state index contributed by atoms with van der Waals surface area (Å²) in [6.07, 6.45) is 1.66. The highest BCUT2D eigenvalue weighted by Gasteiger charge is 2.32. The Hall–Kier alpha value is -1.82. The third-order valence-electron chi connectivity index (χ3n) is 3.25. The standard InChI is InChI=1S/C13H16ClN3O3/c1-16(11-3-2-10(14)5-15-11)8-12(18)17-6-9(7-17)4-13(19)20/h2-3,5,9H,4,6-8H2,1H3,(H,19,20). The van der Waals surface area contributed by atoms with Crippen molar-refractivity contribution in [2.45, 2.75) is 6.42 Å². The van der Waals surface area contributed by atoms with Gasteiger partial charge in [0.15, 0.2) is 0 Å². The van der Waals surface area contributed by atoms with E-state index in [-0.39, 0.29) is 24.8 Å². The molecule has 6 nitrogen and oxygen atoms in total. The molecule has 0 aliphatic carbocycles. The van der Waals surface area contributed by atoms with Gasteiger partial charge < -0.3 is 14.9 Å². The summed E-state index contributed by atoms with van der Waals surface area (Å²) in [6, 6.07) is 3.47. The van der Waals surface area contributed by atoms with Gasteiger partial charge in [-0.1, -0.05) is 11.6 Å². The van der Waals surface area contributed by atoms with Crippen LogP contribution in [0.15, 0.2) is 18.3 Å². The number of carbonyl (C=O) groups excluding carboxylic acids is 1. The molecule has 0 radical (unpaired) electrons. The van der Waals surface area contributed by atoms with Crippen molar-refractivity contribution in [3.05, 3.63) is 23.4 Å². The van der Waals surface area contributed by atoms with Crippen molar-refractivity contribution in [3.63, 3.8) is 0 Å². The van der Waals surface area contributed by atoms with Gasteiger partial charge in [-0.05, 0) is 12.1 Å². The Morgan fingerprint density at radius 2 is 2.20 bits per heavy atom. The van der Waals surface area contributed by atoms with Crippen LogP contribution in [0.25, 0.3) is 0 Å². The van der Waals surface area contributed by atoms with Crippen LogP contribution in [-0.2, 0) is 9.59 Å². The predicted octanol–water partition coefficient (Wildman–Crippen LogP) is 1.10. The summed E-state index contributed by atoms with van der Waals surface area (Å²) in [5.74, 6) is -0.0868. The zero-order valence-electron chi connectivity index (χ0n) is 11.1. The predicted molar refractivity (Wildman–Crippen MR) is 74.8 cm³/mol. The third-order valence-corrected chi connectivity index (χ3v) is 3.47. The van der Waals surface area contributed by atoms with E-state index in [4.69, 9.17) is 16.7 Å². The highest BCUT2D eigenvalue weighted by Crippen LogP contribution is 2.20. The molecule has 7 heteroatoms. The maximum Gasteiger partial charge on any atom is 0.303 e. The van der Waals surface area contributed by atoms with Crippen molar-refractivity contribution in [1.29, 1.82) is 0 Å². The maximum atomic E-state index is 12.0. The first-order valence-electron chi connectivity index (χ1n) is 6.28. The minimum absolute atomic E-state index is 0.0223. The molecule has 1 aromatic heterocycles. The summed E-state index contributed by atoms with van der Waals surface area (Å²) < 4.78 is 0. The van der Waals surface area contributed by atoms with Gasteiger partial charge in [-0.2, -0.15) is 0 Å². The lowest BCUT2D eigenvalue weighted by molar-refractivity contribution is -0.144. The fourth-order valence-corrected chi connectivity index (χ4v) is 2.24. The number of aromatic nitrogens is 1. The largest absolute Gasteiger partial charge is 0.481 e. The van der Waals surface area contributed by atoms with Crippen molar-refractivity contribution in [3.8, 4) is 0 Å². The van der Waals surface area contributed by atoms with E-state index < -0.39 is 5.97 Å². The monoisotopic (exact) mass is 297 g/mol. The number of amides is 1. The second-order valence-electron chi connectivity index (χ2n) is 4.95. The molecule has 0 saturated carbocycles. The number of hydrogen-bond donors (Lipinski definition) is 1. The van der Waals surface area contributed by atoms with Crippen LogP contribution >= 0.6 is 11.6 Å². The lowest BCUT2D eigenvalue weighted by Gasteiger charge is -2.39. The van der Waals surface area contributed by atoms with Crippen LogP contribution in [0.3, 0.4) is 0 Å². The van der Waals surface area contributed by atoms with Crippen molar-refractivity contribution in [2.24, 2.45) is 5.92 Å². The Kier molecular flexibility index (Phi) is 4.44. The lowest BCUT2D eigenvalue weighted by Crippen LogP contribution is -2.53. The van der Waals surface area contributed by atoms with Gasteiger partial charge in [0.25, 0.3) is 0 Å². The highest BCUT2D eigenvalue weighted by molar-refractivity contribution is 6.30. The molecule has 1 amide bonds. The fraction of sp³-hybridized carbons (Fsp3) is 0.462. The van der Waals surface area contributed by atoms with E-state index >= 15 is 0 Å². The van der Waals surface area contributed by atoms with Gasteiger partial charge in [0, 0.05) is 32.3 Å². The van der Waals surface area contributed by atoms with Crippen LogP contribution in [-0.4, -0.2) is 53.5 Å². The molecule has 1 aliphatic heterocycles. The molecule has 0 atom stereocenters. The fourth-order valence-electron chi connectivity index (χ4n) is 2.13. The molecular formula is C13H16ClN3O3. The first kappa shape index (κ1) is 14.6. The molecule has 20 heavy (non-hydrogen) atoms. The Morgan fingerprint density at radius 3 is 2.75 bits per heavy atom. The average Bonchev–Trinajstić information content (AvgIpc) is 2.33. The summed E-state index contributed by atoms with van der Waals surface area (Å²) in [6.45, 7) is 1.26. The maximum absolute atomic E-state index is 12.0. The van der Waals surface area contributed by atoms with Gasteiger partial charge in [-0.3, -0.25) is 9.59 Å².